The normalized spacial score (nSPS) is 10.5. The second-order valence-corrected chi connectivity index (χ2v) is 8.04. The van der Waals surface area contributed by atoms with Gasteiger partial charge < -0.3 is 9.67 Å². The average molecular weight is 461 g/mol. The van der Waals surface area contributed by atoms with Gasteiger partial charge in [-0.15, -0.1) is 0 Å². The summed E-state index contributed by atoms with van der Waals surface area (Å²) in [5.74, 6) is 3.93. The minimum absolute atomic E-state index is 0.168. The zero-order valence-electron chi connectivity index (χ0n) is 17.3. The van der Waals surface area contributed by atoms with E-state index < -0.39 is 17.6 Å². The molecule has 33 heavy (non-hydrogen) atoms. The molecule has 0 aliphatic carbocycles. The van der Waals surface area contributed by atoms with Crippen LogP contribution in [0.5, 0.6) is 0 Å². The zero-order valence-corrected chi connectivity index (χ0v) is 18.1. The molecule has 4 aromatic rings. The highest BCUT2D eigenvalue weighted by molar-refractivity contribution is 7.97. The summed E-state index contributed by atoms with van der Waals surface area (Å²) in [6.07, 6.45) is 3.56. The fraction of sp³-hybridized carbons (Fsp3) is 0.0385. The third-order valence-corrected chi connectivity index (χ3v) is 5.46. The first-order valence-electron chi connectivity index (χ1n) is 9.96. The molecular formula is C26H18F2N2O2S. The number of hydrogen-bond acceptors (Lipinski definition) is 3. The van der Waals surface area contributed by atoms with Crippen molar-refractivity contribution in [2.75, 3.05) is 0 Å². The number of carboxylic acid groups (broad SMARTS) is 1. The van der Waals surface area contributed by atoms with E-state index in [-0.39, 0.29) is 5.56 Å². The van der Waals surface area contributed by atoms with Crippen LogP contribution in [0.15, 0.2) is 90.1 Å². The maximum absolute atomic E-state index is 13.3. The maximum atomic E-state index is 13.3. The topological polar surface area (TPSA) is 54.3 Å². The molecule has 7 heteroatoms. The summed E-state index contributed by atoms with van der Waals surface area (Å²) in [5.41, 5.74) is 2.98. The number of nitrogens with zero attached hydrogens (tertiary/aromatic N) is 1. The summed E-state index contributed by atoms with van der Waals surface area (Å²) in [5, 5.41) is 9.59. The summed E-state index contributed by atoms with van der Waals surface area (Å²) in [6.45, 7) is 0.460. The van der Waals surface area contributed by atoms with Crippen molar-refractivity contribution in [1.82, 2.24) is 9.29 Å². The van der Waals surface area contributed by atoms with Crippen LogP contribution in [-0.4, -0.2) is 15.6 Å². The molecule has 0 aliphatic rings. The van der Waals surface area contributed by atoms with Crippen molar-refractivity contribution in [2.45, 2.75) is 11.4 Å². The number of halogens is 2. The molecule has 4 nitrogen and oxygen atoms in total. The van der Waals surface area contributed by atoms with Gasteiger partial charge in [-0.05, 0) is 66.0 Å². The van der Waals surface area contributed by atoms with Gasteiger partial charge >= 0.3 is 5.97 Å². The Bertz CT molecular complexity index is 1340. The van der Waals surface area contributed by atoms with Crippen LogP contribution < -0.4 is 4.72 Å². The van der Waals surface area contributed by atoms with Gasteiger partial charge in [0.2, 0.25) is 0 Å². The predicted octanol–water partition coefficient (Wildman–Crippen LogP) is 5.65. The molecule has 2 N–H and O–H groups in total. The Kier molecular flexibility index (Phi) is 6.89. The van der Waals surface area contributed by atoms with Crippen molar-refractivity contribution in [1.29, 1.82) is 0 Å². The van der Waals surface area contributed by atoms with Gasteiger partial charge in [-0.2, -0.15) is 0 Å². The minimum atomic E-state index is -1.02. The molecule has 0 radical (unpaired) electrons. The molecule has 0 atom stereocenters. The smallest absolute Gasteiger partial charge is 0.337 e. The van der Waals surface area contributed by atoms with Gasteiger partial charge in [-0.1, -0.05) is 30.0 Å². The number of rotatable bonds is 6. The lowest BCUT2D eigenvalue weighted by Crippen LogP contribution is -2.06. The summed E-state index contributed by atoms with van der Waals surface area (Å²) in [6, 6.07) is 19.6. The first-order valence-corrected chi connectivity index (χ1v) is 10.8. The van der Waals surface area contributed by atoms with Crippen molar-refractivity contribution < 1.29 is 18.7 Å². The first-order chi connectivity index (χ1) is 16.0. The van der Waals surface area contributed by atoms with Crippen LogP contribution in [0, 0.1) is 23.5 Å². The molecular weight excluding hydrogens is 442 g/mol. The van der Waals surface area contributed by atoms with Gasteiger partial charge in [-0.3, -0.25) is 4.72 Å². The van der Waals surface area contributed by atoms with Crippen LogP contribution in [0.25, 0.3) is 5.69 Å². The molecule has 4 rings (SSSR count). The highest BCUT2D eigenvalue weighted by atomic mass is 32.2. The Morgan fingerprint density at radius 3 is 2.39 bits per heavy atom. The van der Waals surface area contributed by atoms with E-state index in [9.17, 15) is 18.7 Å². The molecule has 1 aromatic heterocycles. The van der Waals surface area contributed by atoms with E-state index in [1.807, 2.05) is 36.4 Å². The molecule has 164 valence electrons. The van der Waals surface area contributed by atoms with Crippen molar-refractivity contribution in [2.24, 2.45) is 0 Å². The third-order valence-electron chi connectivity index (χ3n) is 4.70. The van der Waals surface area contributed by atoms with E-state index in [0.717, 1.165) is 29.1 Å². The van der Waals surface area contributed by atoms with Crippen LogP contribution in [0.3, 0.4) is 0 Å². The second kappa shape index (κ2) is 10.2. The van der Waals surface area contributed by atoms with E-state index in [0.29, 0.717) is 22.7 Å². The summed E-state index contributed by atoms with van der Waals surface area (Å²) in [7, 11) is 0. The highest BCUT2D eigenvalue weighted by Gasteiger charge is 2.14. The monoisotopic (exact) mass is 460 g/mol. The number of aromatic carboxylic acids is 1. The molecule has 0 saturated carbocycles. The minimum Gasteiger partial charge on any atom is -0.478 e. The van der Waals surface area contributed by atoms with Crippen LogP contribution >= 0.6 is 11.9 Å². The van der Waals surface area contributed by atoms with Gasteiger partial charge in [0.25, 0.3) is 0 Å². The lowest BCUT2D eigenvalue weighted by Gasteiger charge is -2.10. The summed E-state index contributed by atoms with van der Waals surface area (Å²) < 4.78 is 31.4. The fourth-order valence-corrected chi connectivity index (χ4v) is 4.02. The summed E-state index contributed by atoms with van der Waals surface area (Å²) in [4.78, 5) is 12.2. The molecule has 0 unspecified atom stereocenters. The van der Waals surface area contributed by atoms with Crippen LogP contribution in [0.4, 0.5) is 8.78 Å². The largest absolute Gasteiger partial charge is 0.478 e. The van der Waals surface area contributed by atoms with Gasteiger partial charge in [0.1, 0.15) is 11.6 Å². The van der Waals surface area contributed by atoms with Crippen molar-refractivity contribution in [3.05, 3.63) is 119 Å². The lowest BCUT2D eigenvalue weighted by molar-refractivity contribution is 0.0697. The molecule has 0 amide bonds. The lowest BCUT2D eigenvalue weighted by atomic mass is 10.1. The number of carbonyl (C=O) groups is 1. The van der Waals surface area contributed by atoms with E-state index >= 15 is 0 Å². The molecule has 0 aliphatic heterocycles. The van der Waals surface area contributed by atoms with E-state index in [2.05, 4.69) is 16.6 Å². The molecule has 1 heterocycles. The fourth-order valence-electron chi connectivity index (χ4n) is 3.27. The second-order valence-electron chi connectivity index (χ2n) is 7.08. The Labute approximate surface area is 194 Å². The Balaban J connectivity index is 1.53. The van der Waals surface area contributed by atoms with Crippen LogP contribution in [0.2, 0.25) is 0 Å². The van der Waals surface area contributed by atoms with E-state index in [4.69, 9.17) is 0 Å². The Hall–Kier alpha value is -3.86. The molecule has 0 spiro atoms. The number of para-hydroxylation sites is 1. The number of benzene rings is 3. The SMILES string of the molecule is O=C(O)c1cccc(C#Cc2cccc(CNSc3cc(F)cc(F)c3)c2)c1-n1cccc1. The van der Waals surface area contributed by atoms with Crippen molar-refractivity contribution in [3.8, 4) is 17.5 Å². The number of hydrogen-bond donors (Lipinski definition) is 2. The highest BCUT2D eigenvalue weighted by Crippen LogP contribution is 2.21. The number of nitrogens with one attached hydrogen (secondary N) is 1. The Morgan fingerprint density at radius 1 is 0.939 bits per heavy atom. The van der Waals surface area contributed by atoms with Gasteiger partial charge in [-0.25, -0.2) is 13.6 Å². The molecule has 0 bridgehead atoms. The predicted molar refractivity (Wildman–Crippen MR) is 124 cm³/mol. The molecule has 0 saturated heterocycles. The van der Waals surface area contributed by atoms with Gasteiger partial charge in [0.05, 0.1) is 11.3 Å². The third kappa shape index (κ3) is 5.69. The zero-order chi connectivity index (χ0) is 23.2. The van der Waals surface area contributed by atoms with Gasteiger partial charge in [0.15, 0.2) is 0 Å². The number of aromatic nitrogens is 1. The average Bonchev–Trinajstić information content (AvgIpc) is 3.31. The van der Waals surface area contributed by atoms with E-state index in [1.54, 1.807) is 35.2 Å². The van der Waals surface area contributed by atoms with Gasteiger partial charge in [0, 0.05) is 41.0 Å². The standard InChI is InChI=1S/C26H18F2N2O2S/c27-21-14-22(28)16-23(15-21)33-29-17-19-6-3-5-18(13-19)9-10-20-7-4-8-24(26(31)32)25(20)30-11-1-2-12-30/h1-8,11-16,29H,17H2,(H,31,32). The maximum Gasteiger partial charge on any atom is 0.337 e. The first kappa shape index (κ1) is 22.3. The summed E-state index contributed by atoms with van der Waals surface area (Å²) >= 11 is 1.14. The van der Waals surface area contributed by atoms with Crippen molar-refractivity contribution >= 4 is 17.9 Å². The van der Waals surface area contributed by atoms with E-state index in [1.165, 1.54) is 12.1 Å². The number of carboxylic acids is 1. The Morgan fingerprint density at radius 2 is 1.67 bits per heavy atom. The van der Waals surface area contributed by atoms with Crippen molar-refractivity contribution in [3.63, 3.8) is 0 Å². The molecule has 3 aromatic carbocycles. The quantitative estimate of drug-likeness (QED) is 0.288. The van der Waals surface area contributed by atoms with Crippen LogP contribution in [0.1, 0.15) is 27.0 Å². The van der Waals surface area contributed by atoms with Crippen LogP contribution in [-0.2, 0) is 6.54 Å². The molecule has 0 fully saturated rings.